The van der Waals surface area contributed by atoms with Gasteiger partial charge in [-0.1, -0.05) is 0 Å². The number of sulfonamides is 1. The van der Waals surface area contributed by atoms with E-state index in [1.807, 2.05) is 0 Å². The predicted molar refractivity (Wildman–Crippen MR) is 78.5 cm³/mol. The van der Waals surface area contributed by atoms with E-state index in [1.165, 1.54) is 7.11 Å². The Kier molecular flexibility index (Phi) is 5.38. The fourth-order valence-corrected chi connectivity index (χ4v) is 3.03. The molecule has 0 unspecified atom stereocenters. The molecule has 0 heterocycles. The molecule has 0 aliphatic rings. The number of benzene rings is 1. The summed E-state index contributed by atoms with van der Waals surface area (Å²) in [5.41, 5.74) is 0.423. The van der Waals surface area contributed by atoms with Gasteiger partial charge in [0.05, 0.1) is 19.1 Å². The van der Waals surface area contributed by atoms with Gasteiger partial charge in [0.1, 0.15) is 11.8 Å². The lowest BCUT2D eigenvalue weighted by Crippen LogP contribution is -2.47. The van der Waals surface area contributed by atoms with E-state index in [1.54, 1.807) is 38.1 Å². The molecule has 0 spiro atoms. The Hall–Kier alpha value is -1.76. The quantitative estimate of drug-likeness (QED) is 0.850. The maximum atomic E-state index is 12.0. The predicted octanol–water partition coefficient (Wildman–Crippen LogP) is 0.986. The molecule has 1 aromatic carbocycles. The number of nitrogens with zero attached hydrogens (tertiary/aromatic N) is 1. The van der Waals surface area contributed by atoms with Crippen LogP contribution in [0.4, 0.5) is 5.69 Å². The van der Waals surface area contributed by atoms with Crippen LogP contribution in [-0.4, -0.2) is 40.3 Å². The lowest BCUT2D eigenvalue weighted by Gasteiger charge is -2.28. The van der Waals surface area contributed by atoms with Crippen LogP contribution in [-0.2, 0) is 14.8 Å². The normalized spacial score (nSPS) is 12.6. The van der Waals surface area contributed by atoms with Gasteiger partial charge in [-0.3, -0.25) is 9.10 Å². The smallest absolute Gasteiger partial charge is 0.243 e. The number of carbonyl (C=O) groups excluding carboxylic acids is 1. The summed E-state index contributed by atoms with van der Waals surface area (Å²) in [6.07, 6.45) is 1.08. The molecule has 112 valence electrons. The van der Waals surface area contributed by atoms with Crippen molar-refractivity contribution >= 4 is 21.6 Å². The van der Waals surface area contributed by atoms with Gasteiger partial charge in [-0.05, 0) is 38.1 Å². The van der Waals surface area contributed by atoms with Crippen LogP contribution < -0.4 is 14.4 Å². The molecule has 0 bridgehead atoms. The van der Waals surface area contributed by atoms with Gasteiger partial charge in [-0.25, -0.2) is 8.42 Å². The number of likely N-dealkylation sites (N-methyl/N-ethyl adjacent to an activating group) is 1. The number of hydrogen-bond acceptors (Lipinski definition) is 4. The van der Waals surface area contributed by atoms with E-state index < -0.39 is 16.1 Å². The number of nitrogens with one attached hydrogen (secondary N) is 1. The van der Waals surface area contributed by atoms with Crippen molar-refractivity contribution in [2.75, 3.05) is 24.2 Å². The lowest BCUT2D eigenvalue weighted by molar-refractivity contribution is -0.121. The standard InChI is InChI=1S/C13H20N2O4S/c1-5-14-13(16)10(2)15(20(4,17)18)11-6-8-12(19-3)9-7-11/h6-10H,5H2,1-4H3,(H,14,16)/t10-/m1/s1. The number of methoxy groups -OCH3 is 1. The molecule has 0 aromatic heterocycles. The maximum Gasteiger partial charge on any atom is 0.243 e. The van der Waals surface area contributed by atoms with Gasteiger partial charge in [0, 0.05) is 6.54 Å². The summed E-state index contributed by atoms with van der Waals surface area (Å²) in [6.45, 7) is 3.78. The summed E-state index contributed by atoms with van der Waals surface area (Å²) in [4.78, 5) is 11.9. The van der Waals surface area contributed by atoms with Gasteiger partial charge in [0.2, 0.25) is 15.9 Å². The zero-order valence-electron chi connectivity index (χ0n) is 12.1. The molecule has 1 rings (SSSR count). The molecule has 1 amide bonds. The Morgan fingerprint density at radius 2 is 1.90 bits per heavy atom. The Morgan fingerprint density at radius 1 is 1.35 bits per heavy atom. The van der Waals surface area contributed by atoms with Gasteiger partial charge < -0.3 is 10.1 Å². The molecule has 20 heavy (non-hydrogen) atoms. The molecular weight excluding hydrogens is 280 g/mol. The Labute approximate surface area is 119 Å². The first-order valence-corrected chi connectivity index (χ1v) is 8.07. The minimum absolute atomic E-state index is 0.339. The second kappa shape index (κ2) is 6.60. The van der Waals surface area contributed by atoms with E-state index in [2.05, 4.69) is 5.32 Å². The zero-order valence-corrected chi connectivity index (χ0v) is 12.9. The lowest BCUT2D eigenvalue weighted by atomic mass is 10.2. The van der Waals surface area contributed by atoms with Gasteiger partial charge in [0.25, 0.3) is 0 Å². The van der Waals surface area contributed by atoms with Crippen LogP contribution in [0.2, 0.25) is 0 Å². The molecule has 1 N–H and O–H groups in total. The van der Waals surface area contributed by atoms with Gasteiger partial charge in [-0.2, -0.15) is 0 Å². The van der Waals surface area contributed by atoms with Crippen LogP contribution in [0.15, 0.2) is 24.3 Å². The minimum Gasteiger partial charge on any atom is -0.497 e. The molecule has 0 saturated carbocycles. The van der Waals surface area contributed by atoms with E-state index >= 15 is 0 Å². The molecule has 1 atom stereocenters. The first-order valence-electron chi connectivity index (χ1n) is 6.22. The third-order valence-corrected chi connectivity index (χ3v) is 4.01. The number of amides is 1. The van der Waals surface area contributed by atoms with Crippen molar-refractivity contribution in [2.24, 2.45) is 0 Å². The number of ether oxygens (including phenoxy) is 1. The van der Waals surface area contributed by atoms with E-state index in [0.29, 0.717) is 18.0 Å². The summed E-state index contributed by atoms with van der Waals surface area (Å²) >= 11 is 0. The Morgan fingerprint density at radius 3 is 2.30 bits per heavy atom. The summed E-state index contributed by atoms with van der Waals surface area (Å²) in [7, 11) is -2.04. The summed E-state index contributed by atoms with van der Waals surface area (Å²) in [6, 6.07) is 5.69. The largest absolute Gasteiger partial charge is 0.497 e. The van der Waals surface area contributed by atoms with E-state index in [4.69, 9.17) is 4.74 Å². The third-order valence-electron chi connectivity index (χ3n) is 2.77. The van der Waals surface area contributed by atoms with Crippen molar-refractivity contribution in [3.05, 3.63) is 24.3 Å². The maximum absolute atomic E-state index is 12.0. The number of hydrogen-bond donors (Lipinski definition) is 1. The Bertz CT molecular complexity index is 554. The third kappa shape index (κ3) is 3.86. The average Bonchev–Trinajstić information content (AvgIpc) is 2.38. The van der Waals surface area contributed by atoms with E-state index in [9.17, 15) is 13.2 Å². The molecule has 0 fully saturated rings. The van der Waals surface area contributed by atoms with Gasteiger partial charge in [-0.15, -0.1) is 0 Å². The topological polar surface area (TPSA) is 75.7 Å². The molecule has 0 aliphatic carbocycles. The highest BCUT2D eigenvalue weighted by Gasteiger charge is 2.28. The second-order valence-corrected chi connectivity index (χ2v) is 6.19. The molecule has 0 radical (unpaired) electrons. The highest BCUT2D eigenvalue weighted by atomic mass is 32.2. The van der Waals surface area contributed by atoms with Crippen LogP contribution in [0, 0.1) is 0 Å². The molecule has 6 nitrogen and oxygen atoms in total. The van der Waals surface area contributed by atoms with Crippen molar-refractivity contribution in [1.29, 1.82) is 0 Å². The monoisotopic (exact) mass is 300 g/mol. The van der Waals surface area contributed by atoms with Crippen LogP contribution in [0.25, 0.3) is 0 Å². The number of anilines is 1. The van der Waals surface area contributed by atoms with E-state index in [0.717, 1.165) is 10.6 Å². The molecule has 1 aromatic rings. The summed E-state index contributed by atoms with van der Waals surface area (Å²) in [5, 5.41) is 2.62. The number of carbonyl (C=O) groups is 1. The Balaban J connectivity index is 3.15. The van der Waals surface area contributed by atoms with Gasteiger partial charge >= 0.3 is 0 Å². The highest BCUT2D eigenvalue weighted by Crippen LogP contribution is 2.23. The SMILES string of the molecule is CCNC(=O)[C@@H](C)N(c1ccc(OC)cc1)S(C)(=O)=O. The molecular formula is C13H20N2O4S. The summed E-state index contributed by atoms with van der Waals surface area (Å²) in [5.74, 6) is 0.279. The fourth-order valence-electron chi connectivity index (χ4n) is 1.86. The van der Waals surface area contributed by atoms with Crippen molar-refractivity contribution < 1.29 is 17.9 Å². The molecule has 0 saturated heterocycles. The molecule has 7 heteroatoms. The van der Waals surface area contributed by atoms with Crippen LogP contribution >= 0.6 is 0 Å². The van der Waals surface area contributed by atoms with E-state index in [-0.39, 0.29) is 5.91 Å². The first kappa shape index (κ1) is 16.3. The zero-order chi connectivity index (χ0) is 15.3. The molecule has 0 aliphatic heterocycles. The van der Waals surface area contributed by atoms with Crippen molar-refractivity contribution in [1.82, 2.24) is 5.32 Å². The second-order valence-electron chi connectivity index (χ2n) is 4.33. The average molecular weight is 300 g/mol. The van der Waals surface area contributed by atoms with Gasteiger partial charge in [0.15, 0.2) is 0 Å². The van der Waals surface area contributed by atoms with Crippen molar-refractivity contribution in [2.45, 2.75) is 19.9 Å². The van der Waals surface area contributed by atoms with Crippen LogP contribution in [0.5, 0.6) is 5.75 Å². The van der Waals surface area contributed by atoms with Crippen molar-refractivity contribution in [3.63, 3.8) is 0 Å². The number of rotatable bonds is 6. The first-order chi connectivity index (χ1) is 9.31. The fraction of sp³-hybridized carbons (Fsp3) is 0.462. The summed E-state index contributed by atoms with van der Waals surface area (Å²) < 4.78 is 30.0. The van der Waals surface area contributed by atoms with Crippen molar-refractivity contribution in [3.8, 4) is 5.75 Å². The minimum atomic E-state index is -3.57. The van der Waals surface area contributed by atoms with Crippen LogP contribution in [0.1, 0.15) is 13.8 Å². The highest BCUT2D eigenvalue weighted by molar-refractivity contribution is 7.92. The van der Waals surface area contributed by atoms with Crippen LogP contribution in [0.3, 0.4) is 0 Å².